The summed E-state index contributed by atoms with van der Waals surface area (Å²) in [5, 5.41) is 28.6. The Hall–Kier alpha value is -18.0. The zero-order valence-electron chi connectivity index (χ0n) is 77.5. The first kappa shape index (κ1) is 89.1. The first-order valence-corrected chi connectivity index (χ1v) is 51.8. The molecular formula is C112H71N21O10S3V+2. The van der Waals surface area contributed by atoms with E-state index in [0.29, 0.717) is 58.7 Å². The van der Waals surface area contributed by atoms with Crippen molar-refractivity contribution in [3.8, 4) is 45.6 Å². The van der Waals surface area contributed by atoms with Gasteiger partial charge in [0, 0.05) is 85.0 Å². The van der Waals surface area contributed by atoms with E-state index in [-0.39, 0.29) is 28.9 Å². The molecule has 4 N–H and O–H groups in total. The number of sulfonamides is 1. The van der Waals surface area contributed by atoms with Gasteiger partial charge in [0.25, 0.3) is 33.5 Å². The fraction of sp³-hybridized carbons (Fsp3) is 0.0625. The molecule has 8 aliphatic rings. The SMILES string of the molecule is CC.CS(=O)(=O)NCCCc1nc(Nc2cccc(S(=O)(=O)O)c2)nc(=O)[nH]1.O=S(=O)=O.[O]=[V+2].c1ccc2cc3c(cc2c1)-c1nc-3nc2[n-]c(nc3nc(nc4[n-]c(n1)c1cc5ccccc5cc41)-c1cc4ccccc4cc1-3)c1cc3ccccc3cc21.c1ccc2cc3c(cc2c1)C1=Nc2c4cc5ccccc5cc4c4n2C25n6c(c7cc8ccccc8cc7c6=NC6=[N+]2C(=N4)c2cc4ccccc4cc26)=NC3=[N+]15. The molecule has 17 aromatic carbocycles. The smallest absolute Gasteiger partial charge is 0.357 e. The second-order valence-electron chi connectivity index (χ2n) is 35.9. The first-order valence-electron chi connectivity index (χ1n) is 46.9. The predicted octanol–water partition coefficient (Wildman–Crippen LogP) is 18.6. The van der Waals surface area contributed by atoms with Crippen LogP contribution >= 0.6 is 0 Å². The van der Waals surface area contributed by atoms with E-state index in [9.17, 15) is 21.6 Å². The number of aliphatic imine (C=N–C) groups is 2. The quantitative estimate of drug-likeness (QED) is 0.0623. The van der Waals surface area contributed by atoms with E-state index in [4.69, 9.17) is 80.7 Å². The Balaban J connectivity index is 0.000000115. The molecule has 1 spiro atoms. The topological polar surface area (TPSA) is 410 Å². The molecule has 0 atom stereocenters. The molecule has 31 nitrogen and oxygen atoms in total. The number of nitrogens with one attached hydrogen (secondary N) is 3. The Morgan fingerprint density at radius 2 is 0.680 bits per heavy atom. The largest absolute Gasteiger partial charge is 0.404 e. The van der Waals surface area contributed by atoms with Gasteiger partial charge in [0.2, 0.25) is 38.6 Å². The number of aromatic nitrogens is 13. The monoisotopic (exact) mass is 2020 g/mol. The number of rotatable bonds is 8. The molecule has 0 saturated heterocycles. The zero-order chi connectivity index (χ0) is 99.9. The van der Waals surface area contributed by atoms with E-state index < -0.39 is 42.4 Å². The number of hydrogen-bond donors (Lipinski definition) is 4. The maximum Gasteiger partial charge on any atom is 0.404 e. The van der Waals surface area contributed by atoms with Gasteiger partial charge < -0.3 is 35.2 Å². The summed E-state index contributed by atoms with van der Waals surface area (Å²) in [6.45, 7) is 4.18. The summed E-state index contributed by atoms with van der Waals surface area (Å²) in [7, 11) is -10.8. The van der Waals surface area contributed by atoms with Crippen molar-refractivity contribution in [2.75, 3.05) is 18.1 Å². The Morgan fingerprint density at radius 3 is 1.01 bits per heavy atom. The minimum absolute atomic E-state index is 0.0627. The van der Waals surface area contributed by atoms with Crippen LogP contribution in [-0.4, -0.2) is 133 Å². The zero-order valence-corrected chi connectivity index (χ0v) is 81.3. The number of fused-ring (bicyclic) bond motifs is 40. The number of benzene rings is 17. The molecule has 705 valence electrons. The third kappa shape index (κ3) is 14.5. The van der Waals surface area contributed by atoms with Crippen LogP contribution in [0.25, 0.3) is 197 Å². The van der Waals surface area contributed by atoms with E-state index >= 15 is 0 Å². The molecule has 31 rings (SSSR count). The van der Waals surface area contributed by atoms with Gasteiger partial charge in [-0.2, -0.15) is 27.5 Å². The molecule has 0 saturated carbocycles. The Morgan fingerprint density at radius 1 is 0.374 bits per heavy atom. The molecule has 0 radical (unpaired) electrons. The van der Waals surface area contributed by atoms with Gasteiger partial charge in [-0.25, -0.2) is 27.9 Å². The summed E-state index contributed by atoms with van der Waals surface area (Å²) in [6.07, 6.45) is 1.74. The van der Waals surface area contributed by atoms with Crippen molar-refractivity contribution < 1.29 is 64.2 Å². The molecule has 0 fully saturated rings. The molecule has 147 heavy (non-hydrogen) atoms. The van der Waals surface area contributed by atoms with Gasteiger partial charge in [-0.1, -0.05) is 234 Å². The molecule has 8 aliphatic heterocycles. The molecule has 6 aromatic heterocycles. The van der Waals surface area contributed by atoms with Crippen molar-refractivity contribution >= 4 is 229 Å². The van der Waals surface area contributed by atoms with Crippen LogP contribution in [0, 0.1) is 0 Å². The van der Waals surface area contributed by atoms with Gasteiger partial charge in [0.1, 0.15) is 5.82 Å². The van der Waals surface area contributed by atoms with E-state index in [2.05, 4.69) is 286 Å². The summed E-state index contributed by atoms with van der Waals surface area (Å²) in [6, 6.07) is 109. The number of amidine groups is 4. The third-order valence-electron chi connectivity index (χ3n) is 27.4. The standard InChI is InChI=1S/C49H24N8.C48H24N8.C13H17N5O6S2.C2H6.O3S.O.V/c1-2-10-26-18-34-33(17-25(26)9-1)41-50-43-35-19-27-11-3-4-12-28(27)20-36(35)45-52-47-39-23-31-15-7-8-16-32(31)24-40(39)48-53-46-38-22-30-14-6-5-13-29(30)21-37(38)44-51-42(34)54(41)49(55(43)45,56(44)46)57(47)48;1-2-10-26-18-34-33(17-25(26)9-1)41-49-42(34)54-44-37-21-29-13-5-6-14-30(29)22-38(37)46(51-44)56-48-40-24-32-16-8-7-15-31(32)23-39(40)47(52-48)55-45-36-20-28-12-4-3-11-27(28)19-35(36)43(50-45)53-41;1-25(20,21)14-7-3-6-11-16-12(18-13(19)17-11)15-9-4-2-5-10(8-9)26(22,23)24;1-2;1-4(2)3;;/h1-24H;1-24H;2,4-5,8,14H,3,6-7H2,1H3,(H,22,23,24)(H2,15,16,17,18,19);1-2H3;;;/q+2;-2;;;;;+2. The summed E-state index contributed by atoms with van der Waals surface area (Å²) in [4.78, 5) is 85.9. The average Bonchev–Trinajstić information content (AvgIpc) is 1.46. The van der Waals surface area contributed by atoms with Crippen LogP contribution in [0.5, 0.6) is 0 Å². The van der Waals surface area contributed by atoms with Crippen molar-refractivity contribution in [2.45, 2.75) is 37.5 Å². The van der Waals surface area contributed by atoms with Crippen molar-refractivity contribution in [3.05, 3.63) is 365 Å². The maximum absolute atomic E-state index is 11.6. The molecule has 0 aliphatic carbocycles. The molecule has 14 heterocycles. The van der Waals surface area contributed by atoms with E-state index in [1.165, 1.54) is 61.3 Å². The minimum Gasteiger partial charge on any atom is -0.357 e. The Kier molecular flexibility index (Phi) is 20.7. The molecule has 0 unspecified atom stereocenters. The van der Waals surface area contributed by atoms with E-state index in [1.807, 2.05) is 62.4 Å². The fourth-order valence-electron chi connectivity index (χ4n) is 21.2. The average molecular weight is 2020 g/mol. The van der Waals surface area contributed by atoms with Crippen LogP contribution in [-0.2, 0) is 64.1 Å². The van der Waals surface area contributed by atoms with E-state index in [1.54, 1.807) is 0 Å². The number of aryl methyl sites for hydroxylation is 1. The van der Waals surface area contributed by atoms with Gasteiger partial charge in [0.05, 0.1) is 56.7 Å². The maximum atomic E-state index is 11.6. The van der Waals surface area contributed by atoms with Gasteiger partial charge >= 0.3 is 43.3 Å². The van der Waals surface area contributed by atoms with Crippen LogP contribution in [0.15, 0.2) is 345 Å². The van der Waals surface area contributed by atoms with Crippen LogP contribution in [0.1, 0.15) is 48.3 Å². The molecule has 0 amide bonds. The van der Waals surface area contributed by atoms with Crippen molar-refractivity contribution in [2.24, 2.45) is 20.0 Å². The molecule has 23 aromatic rings. The normalized spacial score (nSPS) is 13.6. The first-order chi connectivity index (χ1) is 71.6. The number of nitrogens with zero attached hydrogens (tertiary/aromatic N) is 18. The second-order valence-corrected chi connectivity index (χ2v) is 39.6. The number of H-pyrrole nitrogens is 1. The van der Waals surface area contributed by atoms with Gasteiger partial charge in [-0.15, -0.1) is 21.8 Å². The van der Waals surface area contributed by atoms with Crippen LogP contribution in [0.3, 0.4) is 0 Å². The number of hydrogen-bond acceptors (Lipinski definition) is 22. The van der Waals surface area contributed by atoms with Crippen LogP contribution in [0.4, 0.5) is 23.3 Å². The Bertz CT molecular complexity index is 10200. The molecule has 35 heteroatoms. The third-order valence-corrected chi connectivity index (χ3v) is 29.0. The van der Waals surface area contributed by atoms with E-state index in [0.717, 1.165) is 206 Å². The Labute approximate surface area is 842 Å². The summed E-state index contributed by atoms with van der Waals surface area (Å²) < 4.78 is 98.8. The minimum atomic E-state index is -4.37. The van der Waals surface area contributed by atoms with Gasteiger partial charge in [-0.05, 0) is 229 Å². The molecular weight excluding hydrogens is 1950 g/mol. The van der Waals surface area contributed by atoms with Crippen LogP contribution < -0.4 is 36.7 Å². The summed E-state index contributed by atoms with van der Waals surface area (Å²) in [5.74, 6) is 6.57. The van der Waals surface area contributed by atoms with Crippen molar-refractivity contribution in [1.82, 2.24) is 68.7 Å². The fourth-order valence-corrected chi connectivity index (χ4v) is 22.3. The second kappa shape index (κ2) is 34.1. The number of aromatic amines is 1. The predicted molar refractivity (Wildman–Crippen MR) is 563 cm³/mol. The van der Waals surface area contributed by atoms with Crippen LogP contribution in [0.2, 0.25) is 0 Å². The van der Waals surface area contributed by atoms with Gasteiger partial charge in [0.15, 0.2) is 0 Å². The van der Waals surface area contributed by atoms with Crippen molar-refractivity contribution in [3.63, 3.8) is 0 Å². The summed E-state index contributed by atoms with van der Waals surface area (Å²) in [5.41, 5.74) is 11.3. The molecule has 8 bridgehead atoms. The summed E-state index contributed by atoms with van der Waals surface area (Å²) >= 11 is 1.06. The van der Waals surface area contributed by atoms with Crippen molar-refractivity contribution in [1.29, 1.82) is 0 Å². The van der Waals surface area contributed by atoms with Gasteiger partial charge in [-0.3, -0.25) is 9.54 Å². The number of anilines is 2.